The molecule has 0 amide bonds. The van der Waals surface area contributed by atoms with Crippen LogP contribution in [0.4, 0.5) is 0 Å². The zero-order chi connectivity index (χ0) is 25.8. The molecule has 1 unspecified atom stereocenters. The third-order valence-electron chi connectivity index (χ3n) is 6.15. The Morgan fingerprint density at radius 2 is 1.83 bits per heavy atom. The summed E-state index contributed by atoms with van der Waals surface area (Å²) >= 11 is 1.63. The van der Waals surface area contributed by atoms with Crippen LogP contribution in [0.3, 0.4) is 0 Å². The number of hydrogen-bond acceptors (Lipinski definition) is 6. The number of benzene rings is 2. The molecule has 35 heavy (non-hydrogen) atoms. The summed E-state index contributed by atoms with van der Waals surface area (Å²) in [5.41, 5.74) is 2.08. The number of carboxylic acids is 1. The summed E-state index contributed by atoms with van der Waals surface area (Å²) in [7, 11) is 1.64. The molecule has 1 atom stereocenters. The van der Waals surface area contributed by atoms with Crippen LogP contribution in [0.25, 0.3) is 10.6 Å². The number of carboxylic acid groups (broad SMARTS) is 1. The number of aryl methyl sites for hydroxylation is 2. The average Bonchev–Trinajstić information content (AvgIpc) is 3.28. The van der Waals surface area contributed by atoms with Crippen molar-refractivity contribution in [1.29, 1.82) is 0 Å². The van der Waals surface area contributed by atoms with E-state index < -0.39 is 11.6 Å². The van der Waals surface area contributed by atoms with Crippen molar-refractivity contribution in [2.75, 3.05) is 7.11 Å². The Balaban J connectivity index is 1.74. The van der Waals surface area contributed by atoms with Gasteiger partial charge in [0.15, 0.2) is 5.78 Å². The highest BCUT2D eigenvalue weighted by atomic mass is 32.1. The molecule has 0 aliphatic heterocycles. The fourth-order valence-corrected chi connectivity index (χ4v) is 4.89. The molecule has 0 aliphatic rings. The minimum absolute atomic E-state index is 0.0326. The number of aliphatic carboxylic acids is 1. The predicted molar refractivity (Wildman–Crippen MR) is 139 cm³/mol. The number of ether oxygens (including phenoxy) is 2. The van der Waals surface area contributed by atoms with Crippen LogP contribution in [-0.4, -0.2) is 34.6 Å². The van der Waals surface area contributed by atoms with Crippen molar-refractivity contribution in [3.05, 3.63) is 64.2 Å². The standard InChI is InChI=1S/C28H33NO5S/c1-7-28(5,27(31)32)34-23-14-10-20(16-18(23)4)22(30)13-15-24-25(17(2)3)29-26(35-24)19-8-11-21(33-6)12-9-19/h8-12,14,16-17H,7,13,15H2,1-6H3,(H,31,32). The van der Waals surface area contributed by atoms with E-state index in [2.05, 4.69) is 13.8 Å². The summed E-state index contributed by atoms with van der Waals surface area (Å²) < 4.78 is 11.0. The Labute approximate surface area is 210 Å². The fourth-order valence-electron chi connectivity index (χ4n) is 3.67. The van der Waals surface area contributed by atoms with Crippen molar-refractivity contribution in [2.24, 2.45) is 0 Å². The monoisotopic (exact) mass is 495 g/mol. The maximum absolute atomic E-state index is 13.0. The highest BCUT2D eigenvalue weighted by Gasteiger charge is 2.34. The zero-order valence-corrected chi connectivity index (χ0v) is 22.0. The number of carbonyl (C=O) groups excluding carboxylic acids is 1. The fraction of sp³-hybridized carbons (Fsp3) is 0.393. The molecule has 1 N–H and O–H groups in total. The molecule has 0 radical (unpaired) electrons. The van der Waals surface area contributed by atoms with Gasteiger partial charge in [0.05, 0.1) is 12.8 Å². The number of rotatable bonds is 11. The Kier molecular flexibility index (Phi) is 8.33. The van der Waals surface area contributed by atoms with Gasteiger partial charge in [-0.1, -0.05) is 20.8 Å². The van der Waals surface area contributed by atoms with Gasteiger partial charge in [0, 0.05) is 22.4 Å². The number of ketones is 1. The van der Waals surface area contributed by atoms with Crippen LogP contribution >= 0.6 is 11.3 Å². The van der Waals surface area contributed by atoms with Crippen molar-refractivity contribution in [2.45, 2.75) is 65.4 Å². The van der Waals surface area contributed by atoms with E-state index >= 15 is 0 Å². The largest absolute Gasteiger partial charge is 0.497 e. The second-order valence-electron chi connectivity index (χ2n) is 9.11. The number of nitrogens with zero attached hydrogens (tertiary/aromatic N) is 1. The molecule has 6 nitrogen and oxygen atoms in total. The van der Waals surface area contributed by atoms with Crippen molar-refractivity contribution >= 4 is 23.1 Å². The molecule has 7 heteroatoms. The van der Waals surface area contributed by atoms with Gasteiger partial charge in [0.25, 0.3) is 0 Å². The number of thiazole rings is 1. The van der Waals surface area contributed by atoms with E-state index in [1.165, 1.54) is 0 Å². The van der Waals surface area contributed by atoms with Crippen LogP contribution in [0.5, 0.6) is 11.5 Å². The van der Waals surface area contributed by atoms with Gasteiger partial charge in [0.2, 0.25) is 5.60 Å². The molecule has 0 saturated carbocycles. The van der Waals surface area contributed by atoms with Crippen LogP contribution in [-0.2, 0) is 11.2 Å². The molecule has 1 aromatic heterocycles. The molecule has 0 fully saturated rings. The van der Waals surface area contributed by atoms with Gasteiger partial charge in [-0.05, 0) is 80.6 Å². The van der Waals surface area contributed by atoms with E-state index in [0.717, 1.165) is 32.5 Å². The van der Waals surface area contributed by atoms with Gasteiger partial charge in [0.1, 0.15) is 16.5 Å². The second kappa shape index (κ2) is 11.0. The minimum Gasteiger partial charge on any atom is -0.497 e. The molecule has 0 bridgehead atoms. The summed E-state index contributed by atoms with van der Waals surface area (Å²) in [6.45, 7) is 9.37. The van der Waals surface area contributed by atoms with E-state index in [9.17, 15) is 14.7 Å². The average molecular weight is 496 g/mol. The maximum Gasteiger partial charge on any atom is 0.347 e. The molecular formula is C28H33NO5S. The number of carbonyl (C=O) groups is 2. The van der Waals surface area contributed by atoms with E-state index in [1.807, 2.05) is 31.2 Å². The topological polar surface area (TPSA) is 85.7 Å². The zero-order valence-electron chi connectivity index (χ0n) is 21.2. The first-order chi connectivity index (χ1) is 16.6. The molecule has 2 aromatic carbocycles. The van der Waals surface area contributed by atoms with Gasteiger partial charge in [-0.25, -0.2) is 9.78 Å². The summed E-state index contributed by atoms with van der Waals surface area (Å²) in [5, 5.41) is 10.4. The highest BCUT2D eigenvalue weighted by molar-refractivity contribution is 7.15. The summed E-state index contributed by atoms with van der Waals surface area (Å²) in [6.07, 6.45) is 1.31. The molecule has 1 heterocycles. The Bertz CT molecular complexity index is 1200. The first-order valence-corrected chi connectivity index (χ1v) is 12.6. The summed E-state index contributed by atoms with van der Waals surface area (Å²) in [5.74, 6) is 0.546. The van der Waals surface area contributed by atoms with Crippen LogP contribution in [0.15, 0.2) is 42.5 Å². The molecule has 0 spiro atoms. The smallest absolute Gasteiger partial charge is 0.347 e. The molecule has 3 aromatic rings. The third-order valence-corrected chi connectivity index (χ3v) is 7.33. The van der Waals surface area contributed by atoms with Gasteiger partial charge in [-0.3, -0.25) is 4.79 Å². The lowest BCUT2D eigenvalue weighted by Gasteiger charge is -2.26. The lowest BCUT2D eigenvalue weighted by Crippen LogP contribution is -2.40. The highest BCUT2D eigenvalue weighted by Crippen LogP contribution is 2.34. The predicted octanol–water partition coefficient (Wildman–Crippen LogP) is 6.70. The van der Waals surface area contributed by atoms with E-state index in [-0.39, 0.29) is 11.7 Å². The van der Waals surface area contributed by atoms with Gasteiger partial charge in [-0.2, -0.15) is 0 Å². The van der Waals surface area contributed by atoms with Crippen molar-refractivity contribution in [1.82, 2.24) is 4.98 Å². The van der Waals surface area contributed by atoms with Crippen LogP contribution in [0.2, 0.25) is 0 Å². The van der Waals surface area contributed by atoms with E-state index in [4.69, 9.17) is 14.5 Å². The Morgan fingerprint density at radius 1 is 1.14 bits per heavy atom. The van der Waals surface area contributed by atoms with E-state index in [0.29, 0.717) is 30.6 Å². The lowest BCUT2D eigenvalue weighted by molar-refractivity contribution is -0.154. The van der Waals surface area contributed by atoms with Gasteiger partial charge < -0.3 is 14.6 Å². The molecule has 0 saturated heterocycles. The summed E-state index contributed by atoms with van der Waals surface area (Å²) in [6, 6.07) is 13.0. The van der Waals surface area contributed by atoms with Gasteiger partial charge in [-0.15, -0.1) is 11.3 Å². The van der Waals surface area contributed by atoms with Crippen molar-refractivity contribution in [3.8, 4) is 22.1 Å². The second-order valence-corrected chi connectivity index (χ2v) is 10.2. The van der Waals surface area contributed by atoms with Gasteiger partial charge >= 0.3 is 5.97 Å². The number of hydrogen-bond donors (Lipinski definition) is 1. The van der Waals surface area contributed by atoms with E-state index in [1.54, 1.807) is 50.5 Å². The first kappa shape index (κ1) is 26.4. The Morgan fingerprint density at radius 3 is 2.37 bits per heavy atom. The third kappa shape index (κ3) is 6.09. The Hall–Kier alpha value is -3.19. The normalized spacial score (nSPS) is 12.9. The molecule has 186 valence electrons. The number of Topliss-reactive ketones (excluding diaryl/α,β-unsaturated/α-hetero) is 1. The van der Waals surface area contributed by atoms with Crippen molar-refractivity contribution < 1.29 is 24.2 Å². The maximum atomic E-state index is 13.0. The lowest BCUT2D eigenvalue weighted by atomic mass is 10.0. The van der Waals surface area contributed by atoms with Crippen LogP contribution in [0.1, 0.15) is 72.9 Å². The van der Waals surface area contributed by atoms with Crippen LogP contribution < -0.4 is 9.47 Å². The minimum atomic E-state index is -1.31. The number of aromatic nitrogens is 1. The first-order valence-electron chi connectivity index (χ1n) is 11.8. The number of methoxy groups -OCH3 is 1. The quantitative estimate of drug-likeness (QED) is 0.298. The summed E-state index contributed by atoms with van der Waals surface area (Å²) in [4.78, 5) is 30.6. The van der Waals surface area contributed by atoms with Crippen molar-refractivity contribution in [3.63, 3.8) is 0 Å². The SMILES string of the molecule is CCC(C)(Oc1ccc(C(=O)CCc2sc(-c3ccc(OC)cc3)nc2C(C)C)cc1C)C(=O)O. The molecule has 0 aliphatic carbocycles. The molecule has 3 rings (SSSR count). The molecular weight excluding hydrogens is 462 g/mol. The van der Waals surface area contributed by atoms with Crippen LogP contribution in [0, 0.1) is 6.92 Å².